The highest BCUT2D eigenvalue weighted by molar-refractivity contribution is 5.69. The van der Waals surface area contributed by atoms with E-state index < -0.39 is 46.2 Å². The molecule has 0 N–H and O–H groups in total. The van der Waals surface area contributed by atoms with E-state index in [2.05, 4.69) is 4.74 Å². The van der Waals surface area contributed by atoms with Gasteiger partial charge in [0.2, 0.25) is 5.75 Å². The molecule has 150 valence electrons. The second kappa shape index (κ2) is 7.81. The van der Waals surface area contributed by atoms with Gasteiger partial charge in [-0.05, 0) is 48.2 Å². The van der Waals surface area contributed by atoms with Gasteiger partial charge in [-0.3, -0.25) is 4.79 Å². The summed E-state index contributed by atoms with van der Waals surface area (Å²) in [6.45, 7) is 1.04. The summed E-state index contributed by atoms with van der Waals surface area (Å²) < 4.78 is 67.0. The third-order valence-corrected chi connectivity index (χ3v) is 5.26. The molecule has 1 aliphatic carbocycles. The molecule has 3 rings (SSSR count). The summed E-state index contributed by atoms with van der Waals surface area (Å²) >= 11 is 0. The van der Waals surface area contributed by atoms with Gasteiger partial charge in [-0.2, -0.15) is 0 Å². The maximum atomic E-state index is 14.5. The summed E-state index contributed by atoms with van der Waals surface area (Å²) in [5.74, 6) is -5.96. The SMILES string of the molecule is COc1c(F)cc(C2(c3cc(F)c(OC(C)=O)c(F)c3)CCCCC2)cc1F. The zero-order valence-electron chi connectivity index (χ0n) is 15.6. The van der Waals surface area contributed by atoms with Crippen LogP contribution >= 0.6 is 0 Å². The van der Waals surface area contributed by atoms with Crippen molar-refractivity contribution in [3.05, 3.63) is 58.7 Å². The Kier molecular flexibility index (Phi) is 5.63. The van der Waals surface area contributed by atoms with Crippen LogP contribution in [0.15, 0.2) is 24.3 Å². The number of carbonyl (C=O) groups is 1. The third-order valence-electron chi connectivity index (χ3n) is 5.26. The van der Waals surface area contributed by atoms with E-state index in [4.69, 9.17) is 4.74 Å². The van der Waals surface area contributed by atoms with Crippen molar-refractivity contribution in [2.75, 3.05) is 7.11 Å². The third kappa shape index (κ3) is 3.57. The molecule has 28 heavy (non-hydrogen) atoms. The molecule has 3 nitrogen and oxygen atoms in total. The van der Waals surface area contributed by atoms with Gasteiger partial charge in [-0.25, -0.2) is 17.6 Å². The molecule has 0 amide bonds. The highest BCUT2D eigenvalue weighted by atomic mass is 19.1. The first-order valence-corrected chi connectivity index (χ1v) is 9.00. The minimum Gasteiger partial charge on any atom is -0.491 e. The Hall–Kier alpha value is -2.57. The van der Waals surface area contributed by atoms with Gasteiger partial charge in [0.15, 0.2) is 29.0 Å². The number of halogens is 4. The molecule has 2 aromatic carbocycles. The van der Waals surface area contributed by atoms with Gasteiger partial charge in [0.1, 0.15) is 0 Å². The summed E-state index contributed by atoms with van der Waals surface area (Å²) in [5.41, 5.74) is -0.410. The van der Waals surface area contributed by atoms with E-state index in [1.807, 2.05) is 0 Å². The number of rotatable bonds is 4. The maximum absolute atomic E-state index is 14.5. The molecule has 0 unspecified atom stereocenters. The van der Waals surface area contributed by atoms with E-state index >= 15 is 0 Å². The summed E-state index contributed by atoms with van der Waals surface area (Å²) in [5, 5.41) is 0. The van der Waals surface area contributed by atoms with Crippen LogP contribution in [0.5, 0.6) is 11.5 Å². The normalized spacial score (nSPS) is 15.9. The van der Waals surface area contributed by atoms with Crippen LogP contribution in [0.3, 0.4) is 0 Å². The molecule has 0 radical (unpaired) electrons. The number of esters is 1. The molecule has 0 bridgehead atoms. The van der Waals surface area contributed by atoms with Gasteiger partial charge >= 0.3 is 5.97 Å². The topological polar surface area (TPSA) is 35.5 Å². The molecule has 0 saturated heterocycles. The predicted molar refractivity (Wildman–Crippen MR) is 94.4 cm³/mol. The molecule has 0 aliphatic heterocycles. The molecule has 2 aromatic rings. The number of methoxy groups -OCH3 is 1. The van der Waals surface area contributed by atoms with Crippen molar-refractivity contribution >= 4 is 5.97 Å². The Morgan fingerprint density at radius 3 is 1.64 bits per heavy atom. The maximum Gasteiger partial charge on any atom is 0.308 e. The average Bonchev–Trinajstić information content (AvgIpc) is 2.64. The summed E-state index contributed by atoms with van der Waals surface area (Å²) in [4.78, 5) is 11.1. The first kappa shape index (κ1) is 20.2. The summed E-state index contributed by atoms with van der Waals surface area (Å²) in [7, 11) is 1.16. The Balaban J connectivity index is 2.17. The molecule has 1 aliphatic rings. The van der Waals surface area contributed by atoms with Crippen LogP contribution in [0.4, 0.5) is 17.6 Å². The summed E-state index contributed by atoms with van der Waals surface area (Å²) in [6.07, 6.45) is 3.35. The van der Waals surface area contributed by atoms with Crippen molar-refractivity contribution in [2.24, 2.45) is 0 Å². The molecule has 0 atom stereocenters. The van der Waals surface area contributed by atoms with Gasteiger partial charge < -0.3 is 9.47 Å². The lowest BCUT2D eigenvalue weighted by atomic mass is 9.65. The van der Waals surface area contributed by atoms with Gasteiger partial charge in [-0.1, -0.05) is 19.3 Å². The fourth-order valence-corrected chi connectivity index (χ4v) is 4.01. The lowest BCUT2D eigenvalue weighted by Gasteiger charge is -2.39. The van der Waals surface area contributed by atoms with Crippen molar-refractivity contribution in [1.29, 1.82) is 0 Å². The standard InChI is InChI=1S/C21H20F4O3/c1-12(26)28-20-17(24)10-14(11-18(20)25)21(6-4-3-5-7-21)13-8-15(22)19(27-2)16(23)9-13/h8-11H,3-7H2,1-2H3. The summed E-state index contributed by atoms with van der Waals surface area (Å²) in [6, 6.07) is 4.46. The van der Waals surface area contributed by atoms with Gasteiger partial charge in [0.25, 0.3) is 0 Å². The smallest absolute Gasteiger partial charge is 0.308 e. The van der Waals surface area contributed by atoms with Crippen LogP contribution in [0.2, 0.25) is 0 Å². The second-order valence-corrected chi connectivity index (χ2v) is 6.98. The number of hydrogen-bond acceptors (Lipinski definition) is 3. The van der Waals surface area contributed by atoms with Crippen LogP contribution in [-0.4, -0.2) is 13.1 Å². The number of carbonyl (C=O) groups excluding carboxylic acids is 1. The molecule has 1 saturated carbocycles. The van der Waals surface area contributed by atoms with Crippen molar-refractivity contribution in [1.82, 2.24) is 0 Å². The fraction of sp³-hybridized carbons (Fsp3) is 0.381. The van der Waals surface area contributed by atoms with E-state index in [0.717, 1.165) is 57.6 Å². The van der Waals surface area contributed by atoms with E-state index in [1.54, 1.807) is 0 Å². The largest absolute Gasteiger partial charge is 0.491 e. The van der Waals surface area contributed by atoms with Crippen LogP contribution < -0.4 is 9.47 Å². The molecule has 0 heterocycles. The van der Waals surface area contributed by atoms with Crippen molar-refractivity contribution in [3.8, 4) is 11.5 Å². The molecule has 0 aromatic heterocycles. The minimum absolute atomic E-state index is 0.252. The monoisotopic (exact) mass is 396 g/mol. The van der Waals surface area contributed by atoms with Gasteiger partial charge in [0, 0.05) is 12.3 Å². The van der Waals surface area contributed by atoms with Crippen LogP contribution in [0.1, 0.15) is 50.2 Å². The lowest BCUT2D eigenvalue weighted by Crippen LogP contribution is -2.31. The highest BCUT2D eigenvalue weighted by Crippen LogP contribution is 2.47. The number of hydrogen-bond donors (Lipinski definition) is 0. The van der Waals surface area contributed by atoms with Gasteiger partial charge in [0.05, 0.1) is 7.11 Å². The Labute approximate surface area is 160 Å². The average molecular weight is 396 g/mol. The van der Waals surface area contributed by atoms with Crippen molar-refractivity contribution in [3.63, 3.8) is 0 Å². The molecular weight excluding hydrogens is 376 g/mol. The first-order valence-electron chi connectivity index (χ1n) is 9.00. The zero-order valence-corrected chi connectivity index (χ0v) is 15.6. The zero-order chi connectivity index (χ0) is 20.5. The van der Waals surface area contributed by atoms with E-state index in [-0.39, 0.29) is 5.56 Å². The quantitative estimate of drug-likeness (QED) is 0.393. The molecular formula is C21H20F4O3. The second-order valence-electron chi connectivity index (χ2n) is 6.98. The van der Waals surface area contributed by atoms with Crippen LogP contribution in [0, 0.1) is 23.3 Å². The van der Waals surface area contributed by atoms with Crippen LogP contribution in [-0.2, 0) is 10.2 Å². The Morgan fingerprint density at radius 1 is 0.821 bits per heavy atom. The van der Waals surface area contributed by atoms with Gasteiger partial charge in [-0.15, -0.1) is 0 Å². The van der Waals surface area contributed by atoms with E-state index in [9.17, 15) is 22.4 Å². The van der Waals surface area contributed by atoms with Crippen molar-refractivity contribution < 1.29 is 31.8 Å². The molecule has 1 fully saturated rings. The lowest BCUT2D eigenvalue weighted by molar-refractivity contribution is -0.132. The Morgan fingerprint density at radius 2 is 1.25 bits per heavy atom. The minimum atomic E-state index is -1.04. The van der Waals surface area contributed by atoms with E-state index in [0.29, 0.717) is 18.4 Å². The Bertz CT molecular complexity index is 859. The van der Waals surface area contributed by atoms with Crippen molar-refractivity contribution in [2.45, 2.75) is 44.4 Å². The van der Waals surface area contributed by atoms with Crippen LogP contribution in [0.25, 0.3) is 0 Å². The first-order chi connectivity index (χ1) is 13.3. The van der Waals surface area contributed by atoms with E-state index in [1.165, 1.54) is 0 Å². The fourth-order valence-electron chi connectivity index (χ4n) is 4.01. The number of ether oxygens (including phenoxy) is 2. The molecule has 7 heteroatoms. The highest BCUT2D eigenvalue weighted by Gasteiger charge is 2.38. The predicted octanol–water partition coefficient (Wildman–Crippen LogP) is 5.43. The molecule has 0 spiro atoms. The number of benzene rings is 2.